The zero-order valence-corrected chi connectivity index (χ0v) is 18.7. The number of methoxy groups -OCH3 is 1. The van der Waals surface area contributed by atoms with E-state index < -0.39 is 38.6 Å². The van der Waals surface area contributed by atoms with Gasteiger partial charge in [-0.15, -0.1) is 0 Å². The Morgan fingerprint density at radius 3 is 2.45 bits per heavy atom. The number of sulfonamides is 1. The Labute approximate surface area is 189 Å². The molecular weight excluding hydrogens is 457 g/mol. The van der Waals surface area contributed by atoms with Crippen molar-refractivity contribution in [2.45, 2.75) is 24.7 Å². The minimum absolute atomic E-state index is 0.0211. The van der Waals surface area contributed by atoms with Crippen LogP contribution in [-0.2, 0) is 19.6 Å². The number of ether oxygens (including phenoxy) is 1. The van der Waals surface area contributed by atoms with E-state index in [1.165, 1.54) is 35.7 Å². The minimum Gasteiger partial charge on any atom is -0.465 e. The molecule has 0 spiro atoms. The zero-order valence-electron chi connectivity index (χ0n) is 17.9. The van der Waals surface area contributed by atoms with Gasteiger partial charge in [-0.25, -0.2) is 17.6 Å². The molecule has 1 amide bonds. The highest BCUT2D eigenvalue weighted by Crippen LogP contribution is 2.29. The summed E-state index contributed by atoms with van der Waals surface area (Å²) in [4.78, 5) is 34.5. The minimum atomic E-state index is -4.00. The molecule has 0 unspecified atom stereocenters. The summed E-state index contributed by atoms with van der Waals surface area (Å²) in [5.74, 6) is -2.49. The van der Waals surface area contributed by atoms with E-state index in [0.717, 1.165) is 12.1 Å². The second kappa shape index (κ2) is 9.63. The number of piperidine rings is 1. The van der Waals surface area contributed by atoms with Crippen LogP contribution in [0, 0.1) is 28.8 Å². The van der Waals surface area contributed by atoms with Crippen LogP contribution in [0.25, 0.3) is 0 Å². The number of halogens is 1. The maximum absolute atomic E-state index is 14.1. The lowest BCUT2D eigenvalue weighted by Crippen LogP contribution is -2.41. The average molecular weight is 479 g/mol. The molecular formula is C21H22FN3O7S. The number of carbonyl (C=O) groups excluding carboxylic acids is 2. The summed E-state index contributed by atoms with van der Waals surface area (Å²) in [6.07, 6.45) is 0.356. The Kier molecular flexibility index (Phi) is 7.08. The number of esters is 1. The first-order chi connectivity index (χ1) is 15.5. The second-order valence-corrected chi connectivity index (χ2v) is 9.47. The molecule has 1 fully saturated rings. The van der Waals surface area contributed by atoms with Crippen LogP contribution >= 0.6 is 0 Å². The highest BCUT2D eigenvalue weighted by atomic mass is 32.2. The summed E-state index contributed by atoms with van der Waals surface area (Å²) in [5, 5.41) is 13.5. The molecule has 0 aromatic heterocycles. The van der Waals surface area contributed by atoms with Gasteiger partial charge in [-0.1, -0.05) is 6.07 Å². The Hall–Kier alpha value is -3.38. The smallest absolute Gasteiger partial charge is 0.337 e. The Morgan fingerprint density at radius 1 is 1.18 bits per heavy atom. The number of non-ortho nitro benzene ring substituents is 1. The van der Waals surface area contributed by atoms with Gasteiger partial charge in [0.2, 0.25) is 15.9 Å². The fourth-order valence-corrected chi connectivity index (χ4v) is 5.29. The van der Waals surface area contributed by atoms with Crippen LogP contribution in [0.1, 0.15) is 28.8 Å². The highest BCUT2D eigenvalue weighted by molar-refractivity contribution is 7.89. The first-order valence-corrected chi connectivity index (χ1v) is 11.4. The number of rotatable bonds is 6. The van der Waals surface area contributed by atoms with Gasteiger partial charge in [0.15, 0.2) is 0 Å². The van der Waals surface area contributed by atoms with E-state index in [-0.39, 0.29) is 47.8 Å². The van der Waals surface area contributed by atoms with Crippen LogP contribution in [0.15, 0.2) is 41.3 Å². The third-order valence-corrected chi connectivity index (χ3v) is 7.51. The number of carbonyl (C=O) groups is 2. The highest BCUT2D eigenvalue weighted by Gasteiger charge is 2.34. The number of benzene rings is 2. The summed E-state index contributed by atoms with van der Waals surface area (Å²) in [6, 6.07) is 7.08. The van der Waals surface area contributed by atoms with Crippen molar-refractivity contribution >= 4 is 33.3 Å². The van der Waals surface area contributed by atoms with Gasteiger partial charge in [-0.3, -0.25) is 14.9 Å². The molecule has 176 valence electrons. The van der Waals surface area contributed by atoms with Crippen LogP contribution in [0.5, 0.6) is 0 Å². The first kappa shape index (κ1) is 24.3. The van der Waals surface area contributed by atoms with Gasteiger partial charge < -0.3 is 10.1 Å². The first-order valence-electron chi connectivity index (χ1n) is 9.98. The van der Waals surface area contributed by atoms with Gasteiger partial charge in [0.25, 0.3) is 5.69 Å². The largest absolute Gasteiger partial charge is 0.465 e. The quantitative estimate of drug-likeness (QED) is 0.382. The monoisotopic (exact) mass is 479 g/mol. The number of nitrogens with one attached hydrogen (secondary N) is 1. The van der Waals surface area contributed by atoms with E-state index in [4.69, 9.17) is 0 Å². The third kappa shape index (κ3) is 5.17. The average Bonchev–Trinajstić information content (AvgIpc) is 2.80. The Balaban J connectivity index is 1.70. The number of hydrogen-bond donors (Lipinski definition) is 1. The SMILES string of the molecule is COC(=O)c1ccc(F)c(NC(=O)C2CCN(S(=O)(=O)c3cc([N+](=O)[O-])ccc3C)CC2)c1. The van der Waals surface area contributed by atoms with E-state index in [1.807, 2.05) is 0 Å². The van der Waals surface area contributed by atoms with E-state index in [2.05, 4.69) is 10.1 Å². The summed E-state index contributed by atoms with van der Waals surface area (Å²) in [7, 11) is -2.81. The van der Waals surface area contributed by atoms with E-state index >= 15 is 0 Å². The van der Waals surface area contributed by atoms with Gasteiger partial charge in [-0.2, -0.15) is 4.31 Å². The van der Waals surface area contributed by atoms with E-state index in [0.29, 0.717) is 5.56 Å². The molecule has 1 saturated heterocycles. The van der Waals surface area contributed by atoms with Crippen LogP contribution in [0.4, 0.5) is 15.8 Å². The molecule has 1 aliphatic rings. The van der Waals surface area contributed by atoms with E-state index in [9.17, 15) is 32.5 Å². The molecule has 10 nitrogen and oxygen atoms in total. The lowest BCUT2D eigenvalue weighted by atomic mass is 9.97. The maximum atomic E-state index is 14.1. The molecule has 1 heterocycles. The fourth-order valence-electron chi connectivity index (χ4n) is 3.58. The topological polar surface area (TPSA) is 136 Å². The summed E-state index contributed by atoms with van der Waals surface area (Å²) in [6.45, 7) is 1.59. The van der Waals surface area contributed by atoms with Crippen LogP contribution in [0.2, 0.25) is 0 Å². The number of nitro groups is 1. The number of nitrogens with zero attached hydrogens (tertiary/aromatic N) is 2. The molecule has 2 aromatic carbocycles. The molecule has 3 rings (SSSR count). The summed E-state index contributed by atoms with van der Waals surface area (Å²) >= 11 is 0. The molecule has 0 aliphatic carbocycles. The molecule has 2 aromatic rings. The number of anilines is 1. The number of hydrogen-bond acceptors (Lipinski definition) is 7. The van der Waals surface area contributed by atoms with Crippen LogP contribution in [-0.4, -0.2) is 49.7 Å². The molecule has 1 N–H and O–H groups in total. The fraction of sp³-hybridized carbons (Fsp3) is 0.333. The van der Waals surface area contributed by atoms with Crippen molar-refractivity contribution in [3.8, 4) is 0 Å². The van der Waals surface area contributed by atoms with Gasteiger partial charge in [-0.05, 0) is 43.5 Å². The molecule has 12 heteroatoms. The summed E-state index contributed by atoms with van der Waals surface area (Å²) < 4.78 is 45.9. The van der Waals surface area contributed by atoms with Gasteiger partial charge in [0.1, 0.15) is 5.82 Å². The number of amides is 1. The number of aryl methyl sites for hydroxylation is 1. The van der Waals surface area contributed by atoms with E-state index in [1.54, 1.807) is 6.92 Å². The molecule has 0 bridgehead atoms. The molecule has 1 aliphatic heterocycles. The predicted molar refractivity (Wildman–Crippen MR) is 116 cm³/mol. The van der Waals surface area contributed by atoms with Crippen molar-refractivity contribution in [1.82, 2.24) is 4.31 Å². The maximum Gasteiger partial charge on any atom is 0.337 e. The van der Waals surface area contributed by atoms with Gasteiger partial charge in [0, 0.05) is 31.1 Å². The molecule has 33 heavy (non-hydrogen) atoms. The third-order valence-electron chi connectivity index (χ3n) is 5.47. The van der Waals surface area contributed by atoms with Gasteiger partial charge >= 0.3 is 5.97 Å². The van der Waals surface area contributed by atoms with Gasteiger partial charge in [0.05, 0.1) is 28.2 Å². The lowest BCUT2D eigenvalue weighted by molar-refractivity contribution is -0.385. The lowest BCUT2D eigenvalue weighted by Gasteiger charge is -2.31. The van der Waals surface area contributed by atoms with Crippen molar-refractivity contribution in [2.24, 2.45) is 5.92 Å². The van der Waals surface area contributed by atoms with Crippen LogP contribution in [0.3, 0.4) is 0 Å². The van der Waals surface area contributed by atoms with Crippen molar-refractivity contribution in [3.63, 3.8) is 0 Å². The molecule has 0 saturated carbocycles. The predicted octanol–water partition coefficient (Wildman–Crippen LogP) is 2.87. The van der Waals surface area contributed by atoms with Crippen LogP contribution < -0.4 is 5.32 Å². The zero-order chi connectivity index (χ0) is 24.3. The Morgan fingerprint density at radius 2 is 1.85 bits per heavy atom. The van der Waals surface area contributed by atoms with Crippen molar-refractivity contribution < 1.29 is 32.1 Å². The van der Waals surface area contributed by atoms with Crippen molar-refractivity contribution in [2.75, 3.05) is 25.5 Å². The standard InChI is InChI=1S/C21H22FN3O7S/c1-13-3-5-16(25(28)29)12-19(13)33(30,31)24-9-7-14(8-10-24)20(26)23-18-11-15(21(27)32-2)4-6-17(18)22/h3-6,11-12,14H,7-10H2,1-2H3,(H,23,26). The molecule has 0 radical (unpaired) electrons. The Bertz CT molecular complexity index is 1210. The summed E-state index contributed by atoms with van der Waals surface area (Å²) in [5.41, 5.74) is -0.0568. The van der Waals surface area contributed by atoms with Crippen molar-refractivity contribution in [1.29, 1.82) is 0 Å². The normalized spacial score (nSPS) is 15.1. The second-order valence-electron chi connectivity index (χ2n) is 7.56. The number of nitro benzene ring substituents is 1. The molecule has 0 atom stereocenters. The van der Waals surface area contributed by atoms with Crippen molar-refractivity contribution in [3.05, 3.63) is 63.5 Å².